The third kappa shape index (κ3) is 2.98. The smallest absolute Gasteiger partial charge is 0.267 e. The maximum absolute atomic E-state index is 12.6. The summed E-state index contributed by atoms with van der Waals surface area (Å²) < 4.78 is 4.99. The Morgan fingerprint density at radius 3 is 2.64 bits per heavy atom. The Morgan fingerprint density at radius 1 is 1.20 bits per heavy atom. The zero-order valence-electron chi connectivity index (χ0n) is 13.8. The van der Waals surface area contributed by atoms with Gasteiger partial charge in [-0.3, -0.25) is 4.79 Å². The fourth-order valence-corrected chi connectivity index (χ4v) is 4.75. The van der Waals surface area contributed by atoms with Crippen LogP contribution in [0, 0.1) is 13.8 Å². The van der Waals surface area contributed by atoms with Gasteiger partial charge in [0.25, 0.3) is 5.91 Å². The molecule has 25 heavy (non-hydrogen) atoms. The number of fused-ring (bicyclic) bond motifs is 1. The van der Waals surface area contributed by atoms with Crippen LogP contribution in [0.3, 0.4) is 0 Å². The molecule has 0 saturated carbocycles. The number of piperazine rings is 1. The van der Waals surface area contributed by atoms with Gasteiger partial charge in [-0.25, -0.2) is 4.98 Å². The molecule has 1 saturated heterocycles. The number of hydrogen-bond donors (Lipinski definition) is 0. The second kappa shape index (κ2) is 6.51. The van der Waals surface area contributed by atoms with Gasteiger partial charge in [0.05, 0.1) is 15.9 Å². The lowest BCUT2D eigenvalue weighted by molar-refractivity contribution is 0.0750. The average molecular weight is 394 g/mol. The van der Waals surface area contributed by atoms with Crippen LogP contribution in [0.1, 0.15) is 20.9 Å². The van der Waals surface area contributed by atoms with Gasteiger partial charge < -0.3 is 9.80 Å². The van der Waals surface area contributed by atoms with E-state index in [1.807, 2.05) is 30.9 Å². The Labute approximate surface area is 158 Å². The number of anilines is 1. The van der Waals surface area contributed by atoms with E-state index in [1.54, 1.807) is 11.3 Å². The molecule has 0 bridgehead atoms. The van der Waals surface area contributed by atoms with E-state index < -0.39 is 0 Å². The van der Waals surface area contributed by atoms with Crippen LogP contribution >= 0.6 is 34.5 Å². The number of aromatic nitrogens is 3. The number of nitrogens with zero attached hydrogens (tertiary/aromatic N) is 5. The van der Waals surface area contributed by atoms with E-state index in [0.717, 1.165) is 39.0 Å². The fraction of sp³-hybridized carbons (Fsp3) is 0.375. The molecule has 0 spiro atoms. The monoisotopic (exact) mass is 393 g/mol. The first-order chi connectivity index (χ1) is 12.0. The topological polar surface area (TPSA) is 62.2 Å². The van der Waals surface area contributed by atoms with Gasteiger partial charge in [0.15, 0.2) is 5.13 Å². The van der Waals surface area contributed by atoms with Gasteiger partial charge in [-0.15, -0.1) is 5.10 Å². The van der Waals surface area contributed by atoms with Crippen molar-refractivity contribution in [2.24, 2.45) is 0 Å². The Hall–Kier alpha value is -1.77. The Kier molecular flexibility index (Phi) is 4.35. The molecular formula is C16H16ClN5OS2. The van der Waals surface area contributed by atoms with Gasteiger partial charge in [0.2, 0.25) is 0 Å². The van der Waals surface area contributed by atoms with E-state index in [4.69, 9.17) is 16.6 Å². The Bertz CT molecular complexity index is 945. The summed E-state index contributed by atoms with van der Waals surface area (Å²) in [6.45, 7) is 6.70. The van der Waals surface area contributed by atoms with Crippen LogP contribution < -0.4 is 4.90 Å². The molecule has 1 fully saturated rings. The molecule has 0 N–H and O–H groups in total. The van der Waals surface area contributed by atoms with E-state index in [-0.39, 0.29) is 5.91 Å². The van der Waals surface area contributed by atoms with Crippen LogP contribution in [0.25, 0.3) is 10.2 Å². The second-order valence-electron chi connectivity index (χ2n) is 5.98. The van der Waals surface area contributed by atoms with Gasteiger partial charge in [-0.05, 0) is 43.1 Å². The number of hydrogen-bond acceptors (Lipinski definition) is 7. The predicted octanol–water partition coefficient (Wildman–Crippen LogP) is 3.38. The van der Waals surface area contributed by atoms with Gasteiger partial charge >= 0.3 is 0 Å². The molecule has 2 aromatic heterocycles. The fourth-order valence-electron chi connectivity index (χ4n) is 2.90. The summed E-state index contributed by atoms with van der Waals surface area (Å²) in [6, 6.07) is 3.94. The van der Waals surface area contributed by atoms with Crippen molar-refractivity contribution in [2.45, 2.75) is 13.8 Å². The Balaban J connectivity index is 1.50. The highest BCUT2D eigenvalue weighted by Gasteiger charge is 2.26. The lowest BCUT2D eigenvalue weighted by atomic mass is 10.2. The van der Waals surface area contributed by atoms with E-state index in [1.165, 1.54) is 11.5 Å². The van der Waals surface area contributed by atoms with Crippen LogP contribution in [0.4, 0.5) is 5.13 Å². The number of benzene rings is 1. The van der Waals surface area contributed by atoms with Gasteiger partial charge in [0, 0.05) is 31.2 Å². The molecular weight excluding hydrogens is 378 g/mol. The van der Waals surface area contributed by atoms with E-state index in [2.05, 4.69) is 14.5 Å². The molecule has 0 radical (unpaired) electrons. The zero-order chi connectivity index (χ0) is 17.6. The highest BCUT2D eigenvalue weighted by Crippen LogP contribution is 2.33. The first-order valence-corrected chi connectivity index (χ1v) is 9.90. The number of thiazole rings is 1. The van der Waals surface area contributed by atoms with Crippen molar-refractivity contribution in [3.05, 3.63) is 33.3 Å². The van der Waals surface area contributed by atoms with Gasteiger partial charge in [0.1, 0.15) is 4.88 Å². The van der Waals surface area contributed by atoms with E-state index in [9.17, 15) is 4.79 Å². The summed E-state index contributed by atoms with van der Waals surface area (Å²) in [6.07, 6.45) is 0. The largest absolute Gasteiger partial charge is 0.345 e. The summed E-state index contributed by atoms with van der Waals surface area (Å²) in [7, 11) is 0. The highest BCUT2D eigenvalue weighted by molar-refractivity contribution is 7.22. The van der Waals surface area contributed by atoms with Crippen LogP contribution in [0.5, 0.6) is 0 Å². The first-order valence-electron chi connectivity index (χ1n) is 7.93. The maximum Gasteiger partial charge on any atom is 0.267 e. The number of carbonyl (C=O) groups excluding carboxylic acids is 1. The SMILES string of the molecule is Cc1nnsc1C(=O)N1CCN(c2nc3c(C)c(Cl)ccc3s2)CC1. The molecule has 9 heteroatoms. The average Bonchev–Trinajstić information content (AvgIpc) is 3.24. The van der Waals surface area contributed by atoms with Crippen LogP contribution in [0.15, 0.2) is 12.1 Å². The summed E-state index contributed by atoms with van der Waals surface area (Å²) in [5, 5.41) is 5.66. The minimum absolute atomic E-state index is 0.0269. The van der Waals surface area contributed by atoms with Gasteiger partial charge in [-0.2, -0.15) is 0 Å². The molecule has 1 aromatic carbocycles. The molecule has 4 rings (SSSR count). The summed E-state index contributed by atoms with van der Waals surface area (Å²) in [4.78, 5) is 22.1. The number of amides is 1. The third-order valence-electron chi connectivity index (χ3n) is 4.42. The van der Waals surface area contributed by atoms with Crippen molar-refractivity contribution in [3.8, 4) is 0 Å². The number of halogens is 1. The summed E-state index contributed by atoms with van der Waals surface area (Å²) >= 11 is 9.03. The van der Waals surface area contributed by atoms with Crippen molar-refractivity contribution in [3.63, 3.8) is 0 Å². The minimum Gasteiger partial charge on any atom is -0.345 e. The van der Waals surface area contributed by atoms with Crippen molar-refractivity contribution in [1.29, 1.82) is 0 Å². The molecule has 0 aliphatic carbocycles. The normalized spacial score (nSPS) is 15.2. The van der Waals surface area contributed by atoms with Crippen LogP contribution in [0.2, 0.25) is 5.02 Å². The number of rotatable bonds is 2. The number of carbonyl (C=O) groups is 1. The molecule has 6 nitrogen and oxygen atoms in total. The molecule has 3 aromatic rings. The van der Waals surface area contributed by atoms with E-state index >= 15 is 0 Å². The minimum atomic E-state index is 0.0269. The molecule has 1 aliphatic rings. The van der Waals surface area contributed by atoms with Crippen molar-refractivity contribution in [2.75, 3.05) is 31.1 Å². The van der Waals surface area contributed by atoms with Crippen LogP contribution in [-0.2, 0) is 0 Å². The zero-order valence-corrected chi connectivity index (χ0v) is 16.2. The highest BCUT2D eigenvalue weighted by atomic mass is 35.5. The molecule has 1 aliphatic heterocycles. The number of aryl methyl sites for hydroxylation is 2. The molecule has 0 atom stereocenters. The van der Waals surface area contributed by atoms with E-state index in [0.29, 0.717) is 23.7 Å². The van der Waals surface area contributed by atoms with Crippen molar-refractivity contribution >= 4 is 55.7 Å². The standard InChI is InChI=1S/C16H16ClN5OS2/c1-9-11(17)3-4-12-13(9)18-16(24-12)22-7-5-21(6-8-22)15(23)14-10(2)19-20-25-14/h3-4H,5-8H2,1-2H3. The van der Waals surface area contributed by atoms with Gasteiger partial charge in [-0.1, -0.05) is 27.4 Å². The molecule has 3 heterocycles. The third-order valence-corrected chi connectivity index (χ3v) is 6.73. The van der Waals surface area contributed by atoms with Crippen molar-refractivity contribution < 1.29 is 4.79 Å². The predicted molar refractivity (Wildman–Crippen MR) is 102 cm³/mol. The lowest BCUT2D eigenvalue weighted by Crippen LogP contribution is -2.48. The Morgan fingerprint density at radius 2 is 1.96 bits per heavy atom. The summed E-state index contributed by atoms with van der Waals surface area (Å²) in [5.41, 5.74) is 2.69. The lowest BCUT2D eigenvalue weighted by Gasteiger charge is -2.34. The molecule has 1 amide bonds. The summed E-state index contributed by atoms with van der Waals surface area (Å²) in [5.74, 6) is 0.0269. The quantitative estimate of drug-likeness (QED) is 0.667. The molecule has 0 unspecified atom stereocenters. The molecule has 130 valence electrons. The first kappa shape index (κ1) is 16.7. The van der Waals surface area contributed by atoms with Crippen molar-refractivity contribution in [1.82, 2.24) is 19.5 Å². The maximum atomic E-state index is 12.6. The second-order valence-corrected chi connectivity index (χ2v) is 8.15. The van der Waals surface area contributed by atoms with Crippen LogP contribution in [-0.4, -0.2) is 51.6 Å².